The van der Waals surface area contributed by atoms with Crippen molar-refractivity contribution in [1.82, 2.24) is 24.8 Å². The Morgan fingerprint density at radius 2 is 1.95 bits per heavy atom. The predicted molar refractivity (Wildman–Crippen MR) is 140 cm³/mol. The van der Waals surface area contributed by atoms with E-state index < -0.39 is 47.5 Å². The van der Waals surface area contributed by atoms with Crippen molar-refractivity contribution in [3.8, 4) is 0 Å². The second-order valence-electron chi connectivity index (χ2n) is 9.65. The van der Waals surface area contributed by atoms with Crippen molar-refractivity contribution < 1.29 is 23.2 Å². The molecule has 3 aromatic rings. The Morgan fingerprint density at radius 3 is 2.59 bits per heavy atom. The van der Waals surface area contributed by atoms with Crippen molar-refractivity contribution >= 4 is 29.6 Å². The number of β-lactam (4-membered cyclic amide) rings is 1. The zero-order chi connectivity index (χ0) is 28.4. The lowest BCUT2D eigenvalue weighted by Crippen LogP contribution is -2.70. The van der Waals surface area contributed by atoms with Crippen molar-refractivity contribution in [2.24, 2.45) is 13.0 Å². The van der Waals surface area contributed by atoms with E-state index in [1.807, 2.05) is 6.92 Å². The van der Waals surface area contributed by atoms with Crippen LogP contribution in [0.25, 0.3) is 0 Å². The van der Waals surface area contributed by atoms with Crippen LogP contribution in [0, 0.1) is 24.5 Å². The molecule has 12 heteroatoms. The summed E-state index contributed by atoms with van der Waals surface area (Å²) in [6, 6.07) is 2.90. The summed E-state index contributed by atoms with van der Waals surface area (Å²) in [6.07, 6.45) is 5.77. The number of hydrogen-bond acceptors (Lipinski definition) is 6. The van der Waals surface area contributed by atoms with Crippen LogP contribution in [-0.2, 0) is 23.1 Å². The number of aryl methyl sites for hydroxylation is 1. The Kier molecular flexibility index (Phi) is 7.93. The highest BCUT2D eigenvalue weighted by molar-refractivity contribution is 6.12. The number of halogens is 2. The van der Waals surface area contributed by atoms with E-state index in [9.17, 15) is 23.2 Å². The zero-order valence-corrected chi connectivity index (χ0v) is 22.2. The smallest absolute Gasteiger partial charge is 0.325 e. The minimum absolute atomic E-state index is 0.105. The van der Waals surface area contributed by atoms with Gasteiger partial charge in [-0.05, 0) is 43.5 Å². The molecule has 0 bridgehead atoms. The molecule has 1 aromatic carbocycles. The molecular weight excluding hydrogens is 508 g/mol. The van der Waals surface area contributed by atoms with E-state index in [2.05, 4.69) is 15.3 Å². The molecule has 3 heterocycles. The molecule has 39 heavy (non-hydrogen) atoms. The van der Waals surface area contributed by atoms with Gasteiger partial charge in [0.05, 0.1) is 12.0 Å². The van der Waals surface area contributed by atoms with Gasteiger partial charge >= 0.3 is 6.03 Å². The van der Waals surface area contributed by atoms with E-state index >= 15 is 0 Å². The quantitative estimate of drug-likeness (QED) is 0.423. The van der Waals surface area contributed by atoms with Crippen molar-refractivity contribution in [3.05, 3.63) is 71.2 Å². The monoisotopic (exact) mass is 539 g/mol. The summed E-state index contributed by atoms with van der Waals surface area (Å²) in [5, 5.41) is 2.70. The van der Waals surface area contributed by atoms with Gasteiger partial charge in [0.15, 0.2) is 0 Å². The Bertz CT molecular complexity index is 1410. The average molecular weight is 540 g/mol. The van der Waals surface area contributed by atoms with Crippen LogP contribution in [0.2, 0.25) is 0 Å². The molecule has 1 saturated heterocycles. The molecule has 0 radical (unpaired) electrons. The first-order valence-electron chi connectivity index (χ1n) is 12.6. The first kappa shape index (κ1) is 27.7. The molecule has 1 fully saturated rings. The molecule has 0 spiro atoms. The van der Waals surface area contributed by atoms with Crippen LogP contribution in [0.3, 0.4) is 0 Å². The number of benzene rings is 1. The van der Waals surface area contributed by atoms with Gasteiger partial charge in [-0.25, -0.2) is 23.5 Å². The molecule has 1 aliphatic rings. The molecule has 2 aromatic heterocycles. The van der Waals surface area contributed by atoms with Crippen molar-refractivity contribution in [2.45, 2.75) is 45.2 Å². The Morgan fingerprint density at radius 1 is 1.21 bits per heavy atom. The summed E-state index contributed by atoms with van der Waals surface area (Å²) in [6.45, 7) is 3.17. The number of imidazole rings is 1. The van der Waals surface area contributed by atoms with Crippen LogP contribution < -0.4 is 16.0 Å². The average Bonchev–Trinajstić information content (AvgIpc) is 3.33. The number of urea groups is 1. The standard InChI is InChI=1S/C27H31F2N7O3/c1-5-6-20(17-7-8-19(28)15(2)22(17)29)33-27(39)36-23(25(38)35(4)26-32-11-12-34(26)3)18(24(36)37)13-16-9-10-31-21(30)14-16/h7-12,14,18,20,23H,5-6,13H2,1-4H3,(H2,30,31)(H,33,39)/t18-,20-,23+/m1/s1. The van der Waals surface area contributed by atoms with Gasteiger partial charge in [-0.2, -0.15) is 0 Å². The predicted octanol–water partition coefficient (Wildman–Crippen LogP) is 3.27. The highest BCUT2D eigenvalue weighted by Gasteiger charge is 2.55. The number of carbonyl (C=O) groups is 3. The Labute approximate surface area is 224 Å². The molecule has 3 atom stereocenters. The minimum atomic E-state index is -1.14. The summed E-state index contributed by atoms with van der Waals surface area (Å²) in [5.41, 5.74) is 6.42. The lowest BCUT2D eigenvalue weighted by molar-refractivity contribution is -0.156. The number of anilines is 2. The fourth-order valence-corrected chi connectivity index (χ4v) is 4.87. The highest BCUT2D eigenvalue weighted by atomic mass is 19.1. The largest absolute Gasteiger partial charge is 0.384 e. The minimum Gasteiger partial charge on any atom is -0.384 e. The molecule has 0 unspecified atom stereocenters. The maximum atomic E-state index is 14.9. The van der Waals surface area contributed by atoms with Crippen LogP contribution in [0.1, 0.15) is 42.5 Å². The summed E-state index contributed by atoms with van der Waals surface area (Å²) >= 11 is 0. The lowest BCUT2D eigenvalue weighted by atomic mass is 9.81. The van der Waals surface area contributed by atoms with E-state index in [0.29, 0.717) is 24.4 Å². The number of rotatable bonds is 8. The van der Waals surface area contributed by atoms with Gasteiger partial charge in [-0.15, -0.1) is 0 Å². The number of imide groups is 1. The lowest BCUT2D eigenvalue weighted by Gasteiger charge is -2.45. The zero-order valence-electron chi connectivity index (χ0n) is 22.2. The number of pyridine rings is 1. The van der Waals surface area contributed by atoms with Crippen LogP contribution in [-0.4, -0.2) is 50.4 Å². The summed E-state index contributed by atoms with van der Waals surface area (Å²) in [7, 11) is 3.23. The molecule has 10 nitrogen and oxygen atoms in total. The fraction of sp³-hybridized carbons (Fsp3) is 0.370. The molecular formula is C27H31F2N7O3. The van der Waals surface area contributed by atoms with Gasteiger partial charge in [0.1, 0.15) is 23.5 Å². The topological polar surface area (TPSA) is 126 Å². The SMILES string of the molecule is CCC[C@@H](NC(=O)N1C(=O)[C@H](Cc2ccnc(N)c2)[C@H]1C(=O)N(C)c1nccn1C)c1ccc(F)c(C)c1F. The van der Waals surface area contributed by atoms with E-state index in [-0.39, 0.29) is 23.4 Å². The number of nitrogen functional groups attached to an aromatic ring is 1. The van der Waals surface area contributed by atoms with E-state index in [1.165, 1.54) is 37.3 Å². The van der Waals surface area contributed by atoms with Gasteiger partial charge in [-0.1, -0.05) is 19.4 Å². The van der Waals surface area contributed by atoms with Crippen molar-refractivity contribution in [1.29, 1.82) is 0 Å². The molecule has 4 rings (SSSR count). The third-order valence-electron chi connectivity index (χ3n) is 7.01. The van der Waals surface area contributed by atoms with Crippen LogP contribution in [0.4, 0.5) is 25.3 Å². The maximum absolute atomic E-state index is 14.9. The summed E-state index contributed by atoms with van der Waals surface area (Å²) in [5.74, 6) is -2.78. The number of nitrogens with two attached hydrogens (primary N) is 1. The molecule has 206 valence electrons. The van der Waals surface area contributed by atoms with E-state index in [4.69, 9.17) is 5.73 Å². The van der Waals surface area contributed by atoms with E-state index in [0.717, 1.165) is 11.0 Å². The number of likely N-dealkylation sites (tertiary alicyclic amines) is 1. The van der Waals surface area contributed by atoms with Gasteiger partial charge in [0.2, 0.25) is 11.9 Å². The Balaban J connectivity index is 1.64. The van der Waals surface area contributed by atoms with E-state index in [1.54, 1.807) is 29.9 Å². The maximum Gasteiger partial charge on any atom is 0.325 e. The number of carbonyl (C=O) groups excluding carboxylic acids is 3. The van der Waals surface area contributed by atoms with Crippen LogP contribution >= 0.6 is 0 Å². The fourth-order valence-electron chi connectivity index (χ4n) is 4.87. The number of amides is 4. The van der Waals surface area contributed by atoms with Crippen molar-refractivity contribution in [2.75, 3.05) is 17.7 Å². The third kappa shape index (κ3) is 5.31. The van der Waals surface area contributed by atoms with Crippen molar-refractivity contribution in [3.63, 3.8) is 0 Å². The number of likely N-dealkylation sites (N-methyl/N-ethyl adjacent to an activating group) is 1. The van der Waals surface area contributed by atoms with Gasteiger partial charge in [-0.3, -0.25) is 19.4 Å². The molecule has 3 N–H and O–H groups in total. The second kappa shape index (κ2) is 11.2. The number of aromatic nitrogens is 3. The van der Waals surface area contributed by atoms with Crippen LogP contribution in [0.5, 0.6) is 0 Å². The van der Waals surface area contributed by atoms with Gasteiger partial charge in [0, 0.05) is 43.8 Å². The Hall–Kier alpha value is -4.35. The normalized spacial score (nSPS) is 17.5. The molecule has 0 aliphatic carbocycles. The second-order valence-corrected chi connectivity index (χ2v) is 9.65. The summed E-state index contributed by atoms with van der Waals surface area (Å²) < 4.78 is 30.5. The van der Waals surface area contributed by atoms with Gasteiger partial charge in [0.25, 0.3) is 5.91 Å². The molecule has 4 amide bonds. The number of hydrogen-bond donors (Lipinski definition) is 2. The summed E-state index contributed by atoms with van der Waals surface area (Å²) in [4.78, 5) is 50.8. The third-order valence-corrected chi connectivity index (χ3v) is 7.01. The van der Waals surface area contributed by atoms with Gasteiger partial charge < -0.3 is 15.6 Å². The number of nitrogens with zero attached hydrogens (tertiary/aromatic N) is 5. The highest BCUT2D eigenvalue weighted by Crippen LogP contribution is 2.34. The molecule has 1 aliphatic heterocycles. The number of nitrogens with one attached hydrogen (secondary N) is 1. The first-order valence-corrected chi connectivity index (χ1v) is 12.6. The molecule has 0 saturated carbocycles. The van der Waals surface area contributed by atoms with Crippen LogP contribution in [0.15, 0.2) is 42.9 Å². The first-order chi connectivity index (χ1) is 18.5.